The van der Waals surface area contributed by atoms with E-state index in [-0.39, 0.29) is 18.6 Å². The van der Waals surface area contributed by atoms with E-state index in [1.54, 1.807) is 43.6 Å². The number of hydrogen-bond acceptors (Lipinski definition) is 8. The predicted molar refractivity (Wildman–Crippen MR) is 164 cm³/mol. The number of rotatable bonds is 6. The molecule has 0 radical (unpaired) electrons. The van der Waals surface area contributed by atoms with E-state index in [0.29, 0.717) is 46.1 Å². The van der Waals surface area contributed by atoms with Gasteiger partial charge in [-0.15, -0.1) is 0 Å². The average molecular weight is 601 g/mol. The van der Waals surface area contributed by atoms with E-state index in [1.807, 2.05) is 26.2 Å². The van der Waals surface area contributed by atoms with Crippen molar-refractivity contribution in [3.8, 4) is 11.3 Å². The SMILES string of the molecule is CN(C)Cc1nc(Nc2ccc(-c3cnc4cc(F)ccn34)c3c2C(=O)N(C(=O)OC(C)(C)C)C3)ccc1C1CC[C@@H](O)C1. The van der Waals surface area contributed by atoms with Crippen LogP contribution in [0.3, 0.4) is 0 Å². The third-order valence-corrected chi connectivity index (χ3v) is 8.04. The Morgan fingerprint density at radius 1 is 1.18 bits per heavy atom. The average Bonchev–Trinajstić information content (AvgIpc) is 3.65. The number of hydrogen-bond donors (Lipinski definition) is 2. The molecular weight excluding hydrogens is 563 g/mol. The molecule has 2 aliphatic rings. The lowest BCUT2D eigenvalue weighted by Crippen LogP contribution is -2.37. The summed E-state index contributed by atoms with van der Waals surface area (Å²) < 4.78 is 21.2. The molecule has 1 unspecified atom stereocenters. The van der Waals surface area contributed by atoms with Gasteiger partial charge in [-0.25, -0.2) is 24.1 Å². The van der Waals surface area contributed by atoms with Crippen LogP contribution in [0.2, 0.25) is 0 Å². The number of imide groups is 1. The van der Waals surface area contributed by atoms with Gasteiger partial charge in [-0.1, -0.05) is 12.1 Å². The quantitative estimate of drug-likeness (QED) is 0.283. The Balaban J connectivity index is 1.41. The van der Waals surface area contributed by atoms with Crippen LogP contribution in [0.25, 0.3) is 16.9 Å². The number of fused-ring (bicyclic) bond motifs is 2. The number of halogens is 1. The Morgan fingerprint density at radius 2 is 1.98 bits per heavy atom. The van der Waals surface area contributed by atoms with Crippen LogP contribution < -0.4 is 5.32 Å². The van der Waals surface area contributed by atoms with Crippen molar-refractivity contribution in [3.05, 3.63) is 77.0 Å². The normalized spacial score (nSPS) is 18.4. The number of ether oxygens (including phenoxy) is 1. The second kappa shape index (κ2) is 11.3. The Labute approximate surface area is 255 Å². The lowest BCUT2D eigenvalue weighted by molar-refractivity contribution is 0.0248. The maximum atomic E-state index is 13.9. The first kappa shape index (κ1) is 29.7. The van der Waals surface area contributed by atoms with Crippen LogP contribution in [0.15, 0.2) is 48.8 Å². The topological polar surface area (TPSA) is 112 Å². The van der Waals surface area contributed by atoms with Gasteiger partial charge < -0.3 is 20.1 Å². The zero-order valence-electron chi connectivity index (χ0n) is 25.6. The van der Waals surface area contributed by atoms with E-state index >= 15 is 0 Å². The highest BCUT2D eigenvalue weighted by Crippen LogP contribution is 2.40. The third-order valence-electron chi connectivity index (χ3n) is 8.04. The number of amides is 2. The standard InChI is InChI=1S/C33H37FN6O4/c1-33(2,3)44-32(43)40-17-24-23(27-16-35-29-15-20(34)12-13-39(27)29)8-10-25(30(24)31(40)42)36-28-11-9-22(19-6-7-21(41)14-19)26(37-28)18-38(4)5/h8-13,15-16,19,21,41H,6-7,14,17-18H2,1-5H3,(H,36,37)/t19?,21-/m1/s1. The fourth-order valence-electron chi connectivity index (χ4n) is 6.14. The molecule has 11 heteroatoms. The summed E-state index contributed by atoms with van der Waals surface area (Å²) in [4.78, 5) is 39.5. The molecule has 0 bridgehead atoms. The largest absolute Gasteiger partial charge is 0.443 e. The molecule has 3 aromatic heterocycles. The van der Waals surface area contributed by atoms with Gasteiger partial charge in [-0.3, -0.25) is 9.20 Å². The van der Waals surface area contributed by atoms with Gasteiger partial charge in [0.25, 0.3) is 5.91 Å². The van der Waals surface area contributed by atoms with Gasteiger partial charge >= 0.3 is 6.09 Å². The number of nitrogens with one attached hydrogen (secondary N) is 1. The van der Waals surface area contributed by atoms with Gasteiger partial charge in [-0.05, 0) is 89.4 Å². The highest BCUT2D eigenvalue weighted by atomic mass is 19.1. The Kier molecular flexibility index (Phi) is 7.63. The molecule has 1 aliphatic carbocycles. The Hall–Kier alpha value is -4.35. The van der Waals surface area contributed by atoms with Crippen LogP contribution in [0, 0.1) is 5.82 Å². The molecule has 6 rings (SSSR count). The number of nitrogens with zero attached hydrogens (tertiary/aromatic N) is 5. The molecule has 2 atom stereocenters. The lowest BCUT2D eigenvalue weighted by Gasteiger charge is -2.23. The molecule has 2 amide bonds. The molecule has 0 spiro atoms. The minimum Gasteiger partial charge on any atom is -0.443 e. The summed E-state index contributed by atoms with van der Waals surface area (Å²) in [5.74, 6) is -0.0775. The Bertz CT molecular complexity index is 1760. The molecule has 2 N–H and O–H groups in total. The van der Waals surface area contributed by atoms with E-state index in [4.69, 9.17) is 9.72 Å². The molecule has 1 aliphatic heterocycles. The number of carbonyl (C=O) groups is 2. The van der Waals surface area contributed by atoms with Gasteiger partial charge in [0.1, 0.15) is 22.9 Å². The molecule has 1 aromatic carbocycles. The van der Waals surface area contributed by atoms with Gasteiger partial charge in [0.2, 0.25) is 0 Å². The number of aliphatic hydroxyl groups is 1. The van der Waals surface area contributed by atoms with Gasteiger partial charge in [0.05, 0.1) is 41.5 Å². The van der Waals surface area contributed by atoms with Crippen molar-refractivity contribution in [1.82, 2.24) is 24.2 Å². The van der Waals surface area contributed by atoms with Crippen molar-refractivity contribution < 1.29 is 23.8 Å². The molecule has 1 fully saturated rings. The summed E-state index contributed by atoms with van der Waals surface area (Å²) in [6.45, 7) is 5.88. The number of carbonyl (C=O) groups excluding carboxylic acids is 2. The number of anilines is 2. The van der Waals surface area contributed by atoms with E-state index in [1.165, 1.54) is 12.1 Å². The van der Waals surface area contributed by atoms with Gasteiger partial charge in [-0.2, -0.15) is 0 Å². The molecule has 0 saturated heterocycles. The highest BCUT2D eigenvalue weighted by Gasteiger charge is 2.39. The summed E-state index contributed by atoms with van der Waals surface area (Å²) >= 11 is 0. The second-order valence-electron chi connectivity index (χ2n) is 12.9. The van der Waals surface area contributed by atoms with Crippen LogP contribution in [-0.4, -0.2) is 67.1 Å². The summed E-state index contributed by atoms with van der Waals surface area (Å²) in [6, 6.07) is 10.3. The van der Waals surface area contributed by atoms with Crippen LogP contribution >= 0.6 is 0 Å². The maximum Gasteiger partial charge on any atom is 0.417 e. The molecule has 44 heavy (non-hydrogen) atoms. The smallest absolute Gasteiger partial charge is 0.417 e. The maximum absolute atomic E-state index is 13.9. The fourth-order valence-corrected chi connectivity index (χ4v) is 6.14. The molecule has 1 saturated carbocycles. The fraction of sp³-hybridized carbons (Fsp3) is 0.394. The van der Waals surface area contributed by atoms with Crippen molar-refractivity contribution in [2.24, 2.45) is 0 Å². The van der Waals surface area contributed by atoms with Gasteiger partial charge in [0.15, 0.2) is 0 Å². The number of benzene rings is 1. The van der Waals surface area contributed by atoms with Crippen molar-refractivity contribution in [3.63, 3.8) is 0 Å². The lowest BCUT2D eigenvalue weighted by atomic mass is 9.95. The second-order valence-corrected chi connectivity index (χ2v) is 12.9. The van der Waals surface area contributed by atoms with Crippen molar-refractivity contribution >= 4 is 29.2 Å². The molecular formula is C33H37FN6O4. The summed E-state index contributed by atoms with van der Waals surface area (Å²) in [7, 11) is 3.97. The molecule has 230 valence electrons. The zero-order chi connectivity index (χ0) is 31.3. The monoisotopic (exact) mass is 600 g/mol. The summed E-state index contributed by atoms with van der Waals surface area (Å²) in [6.07, 6.45) is 4.61. The van der Waals surface area contributed by atoms with Crippen molar-refractivity contribution in [1.29, 1.82) is 0 Å². The number of imidazole rings is 1. The van der Waals surface area contributed by atoms with E-state index in [0.717, 1.165) is 35.4 Å². The van der Waals surface area contributed by atoms with Crippen molar-refractivity contribution in [2.45, 2.75) is 70.7 Å². The van der Waals surface area contributed by atoms with E-state index < -0.39 is 23.4 Å². The van der Waals surface area contributed by atoms with Crippen LogP contribution in [-0.2, 0) is 17.8 Å². The number of aliphatic hydroxyl groups excluding tert-OH is 1. The minimum absolute atomic E-state index is 0.00458. The van der Waals surface area contributed by atoms with Crippen LogP contribution in [0.4, 0.5) is 20.7 Å². The highest BCUT2D eigenvalue weighted by molar-refractivity contribution is 6.11. The number of pyridine rings is 2. The zero-order valence-corrected chi connectivity index (χ0v) is 25.6. The summed E-state index contributed by atoms with van der Waals surface area (Å²) in [5, 5.41) is 13.5. The first-order valence-corrected chi connectivity index (χ1v) is 14.8. The molecule has 10 nitrogen and oxygen atoms in total. The van der Waals surface area contributed by atoms with E-state index in [2.05, 4.69) is 21.3 Å². The van der Waals surface area contributed by atoms with Gasteiger partial charge in [0, 0.05) is 24.4 Å². The van der Waals surface area contributed by atoms with Crippen molar-refractivity contribution in [2.75, 3.05) is 19.4 Å². The summed E-state index contributed by atoms with van der Waals surface area (Å²) in [5.41, 5.74) is 4.50. The van der Waals surface area contributed by atoms with E-state index in [9.17, 15) is 19.1 Å². The third kappa shape index (κ3) is 5.77. The van der Waals surface area contributed by atoms with Crippen LogP contribution in [0.1, 0.15) is 73.1 Å². The van der Waals surface area contributed by atoms with Crippen LogP contribution in [0.5, 0.6) is 0 Å². The Morgan fingerprint density at radius 3 is 2.68 bits per heavy atom. The minimum atomic E-state index is -0.786. The first-order chi connectivity index (χ1) is 20.9. The predicted octanol–water partition coefficient (Wildman–Crippen LogP) is 5.86. The molecule has 4 aromatic rings. The molecule has 4 heterocycles. The first-order valence-electron chi connectivity index (χ1n) is 14.8. The number of aromatic nitrogens is 3.